The van der Waals surface area contributed by atoms with Crippen LogP contribution in [0.5, 0.6) is 0 Å². The van der Waals surface area contributed by atoms with Crippen LogP contribution in [0.4, 0.5) is 10.1 Å². The average molecular weight is 285 g/mol. The van der Waals surface area contributed by atoms with Gasteiger partial charge in [-0.15, -0.1) is 0 Å². The summed E-state index contributed by atoms with van der Waals surface area (Å²) in [6.45, 7) is 1.35. The molecule has 1 heterocycles. The van der Waals surface area contributed by atoms with Gasteiger partial charge in [-0.3, -0.25) is 4.98 Å². The predicted molar refractivity (Wildman–Crippen MR) is 82.5 cm³/mol. The minimum atomic E-state index is -0.223. The number of hydrogen-bond donors (Lipinski definition) is 2. The fourth-order valence-electron chi connectivity index (χ4n) is 2.58. The molecule has 1 unspecified atom stereocenters. The molecule has 0 saturated heterocycles. The van der Waals surface area contributed by atoms with Crippen LogP contribution >= 0.6 is 0 Å². The molecule has 1 atom stereocenters. The van der Waals surface area contributed by atoms with E-state index in [0.29, 0.717) is 19.0 Å². The van der Waals surface area contributed by atoms with Gasteiger partial charge in [-0.25, -0.2) is 4.39 Å². The first kappa shape index (κ1) is 14.0. The fourth-order valence-corrected chi connectivity index (χ4v) is 2.58. The maximum atomic E-state index is 12.8. The SMILES string of the molecule is NCC(c1ccc(CNc2ccc(F)cc2)cn1)C1CC1. The zero-order valence-electron chi connectivity index (χ0n) is 11.9. The van der Waals surface area contributed by atoms with Gasteiger partial charge in [-0.2, -0.15) is 0 Å². The van der Waals surface area contributed by atoms with Crippen LogP contribution < -0.4 is 11.1 Å². The normalized spacial score (nSPS) is 15.7. The number of halogens is 1. The van der Waals surface area contributed by atoms with Crippen molar-refractivity contribution in [3.8, 4) is 0 Å². The molecule has 3 nitrogen and oxygen atoms in total. The standard InChI is InChI=1S/C17H20FN3/c18-14-4-6-15(7-5-14)20-10-12-1-8-17(21-11-12)16(9-19)13-2-3-13/h1,4-8,11,13,16,20H,2-3,9-10,19H2. The number of anilines is 1. The molecular weight excluding hydrogens is 265 g/mol. The van der Waals surface area contributed by atoms with Crippen molar-refractivity contribution >= 4 is 5.69 Å². The van der Waals surface area contributed by atoms with Crippen molar-refractivity contribution in [3.63, 3.8) is 0 Å². The Bertz CT molecular complexity index is 576. The maximum Gasteiger partial charge on any atom is 0.123 e. The number of aromatic nitrogens is 1. The van der Waals surface area contributed by atoms with Gasteiger partial charge in [0.25, 0.3) is 0 Å². The van der Waals surface area contributed by atoms with Crippen LogP contribution in [0, 0.1) is 11.7 Å². The van der Waals surface area contributed by atoms with Gasteiger partial charge in [0.15, 0.2) is 0 Å². The second-order valence-corrected chi connectivity index (χ2v) is 5.63. The smallest absolute Gasteiger partial charge is 0.123 e. The number of hydrogen-bond acceptors (Lipinski definition) is 3. The highest BCUT2D eigenvalue weighted by Crippen LogP contribution is 2.41. The molecule has 3 rings (SSSR count). The third-order valence-electron chi connectivity index (χ3n) is 4.01. The van der Waals surface area contributed by atoms with E-state index in [1.807, 2.05) is 6.20 Å². The van der Waals surface area contributed by atoms with E-state index < -0.39 is 0 Å². The molecule has 3 N–H and O–H groups in total. The van der Waals surface area contributed by atoms with Gasteiger partial charge in [-0.1, -0.05) is 6.07 Å². The number of nitrogens with two attached hydrogens (primary N) is 1. The monoisotopic (exact) mass is 285 g/mol. The van der Waals surface area contributed by atoms with Crippen LogP contribution in [0.1, 0.15) is 30.0 Å². The van der Waals surface area contributed by atoms with Gasteiger partial charge in [-0.05, 0) is 54.7 Å². The molecule has 1 aromatic carbocycles. The number of benzene rings is 1. The summed E-state index contributed by atoms with van der Waals surface area (Å²) in [7, 11) is 0. The Hall–Kier alpha value is -1.94. The van der Waals surface area contributed by atoms with Crippen LogP contribution in [-0.4, -0.2) is 11.5 Å². The molecule has 0 radical (unpaired) electrons. The van der Waals surface area contributed by atoms with E-state index in [0.717, 1.165) is 22.9 Å². The van der Waals surface area contributed by atoms with E-state index in [-0.39, 0.29) is 5.82 Å². The Balaban J connectivity index is 1.60. The van der Waals surface area contributed by atoms with Crippen molar-refractivity contribution in [1.29, 1.82) is 0 Å². The second kappa shape index (κ2) is 6.22. The summed E-state index contributed by atoms with van der Waals surface area (Å²) < 4.78 is 12.8. The Morgan fingerprint density at radius 2 is 1.95 bits per heavy atom. The van der Waals surface area contributed by atoms with Crippen molar-refractivity contribution in [1.82, 2.24) is 4.98 Å². The van der Waals surface area contributed by atoms with E-state index in [4.69, 9.17) is 5.73 Å². The molecule has 0 aliphatic heterocycles. The van der Waals surface area contributed by atoms with Crippen LogP contribution in [0.3, 0.4) is 0 Å². The lowest BCUT2D eigenvalue weighted by molar-refractivity contribution is 0.598. The van der Waals surface area contributed by atoms with Crippen molar-refractivity contribution in [2.75, 3.05) is 11.9 Å². The third kappa shape index (κ3) is 3.58. The molecule has 21 heavy (non-hydrogen) atoms. The molecule has 110 valence electrons. The molecule has 0 amide bonds. The van der Waals surface area contributed by atoms with E-state index in [1.165, 1.54) is 25.0 Å². The molecule has 4 heteroatoms. The summed E-state index contributed by atoms with van der Waals surface area (Å²) in [6, 6.07) is 10.5. The van der Waals surface area contributed by atoms with E-state index in [2.05, 4.69) is 22.4 Å². The summed E-state index contributed by atoms with van der Waals surface area (Å²) in [6.07, 6.45) is 4.45. The van der Waals surface area contributed by atoms with Crippen LogP contribution in [0.2, 0.25) is 0 Å². The second-order valence-electron chi connectivity index (χ2n) is 5.63. The molecule has 1 aliphatic carbocycles. The highest BCUT2D eigenvalue weighted by molar-refractivity contribution is 5.43. The van der Waals surface area contributed by atoms with Crippen molar-refractivity contribution < 1.29 is 4.39 Å². The minimum Gasteiger partial charge on any atom is -0.381 e. The highest BCUT2D eigenvalue weighted by atomic mass is 19.1. The first-order valence-corrected chi connectivity index (χ1v) is 7.40. The number of nitrogens with zero attached hydrogens (tertiary/aromatic N) is 1. The van der Waals surface area contributed by atoms with E-state index >= 15 is 0 Å². The topological polar surface area (TPSA) is 50.9 Å². The first-order valence-electron chi connectivity index (χ1n) is 7.40. The highest BCUT2D eigenvalue weighted by Gasteiger charge is 2.31. The zero-order valence-corrected chi connectivity index (χ0v) is 11.9. The van der Waals surface area contributed by atoms with Crippen LogP contribution in [0.15, 0.2) is 42.6 Å². The van der Waals surface area contributed by atoms with Gasteiger partial charge in [0, 0.05) is 36.6 Å². The van der Waals surface area contributed by atoms with Crippen molar-refractivity contribution in [2.45, 2.75) is 25.3 Å². The molecule has 0 bridgehead atoms. The third-order valence-corrected chi connectivity index (χ3v) is 4.01. The van der Waals surface area contributed by atoms with Crippen LogP contribution in [-0.2, 0) is 6.54 Å². The molecular formula is C17H20FN3. The summed E-state index contributed by atoms with van der Waals surface area (Å²) in [5, 5.41) is 3.25. The molecule has 1 fully saturated rings. The number of nitrogens with one attached hydrogen (secondary N) is 1. The van der Waals surface area contributed by atoms with Gasteiger partial charge in [0.05, 0.1) is 0 Å². The molecule has 0 spiro atoms. The lowest BCUT2D eigenvalue weighted by Gasteiger charge is -2.13. The van der Waals surface area contributed by atoms with Crippen LogP contribution in [0.25, 0.3) is 0 Å². The Morgan fingerprint density at radius 1 is 1.19 bits per heavy atom. The Morgan fingerprint density at radius 3 is 2.52 bits per heavy atom. The minimum absolute atomic E-state index is 0.223. The molecule has 1 aliphatic rings. The summed E-state index contributed by atoms with van der Waals surface area (Å²) in [5.74, 6) is 0.911. The maximum absolute atomic E-state index is 12.8. The molecule has 1 aromatic heterocycles. The Labute approximate surface area is 124 Å². The van der Waals surface area contributed by atoms with Gasteiger partial charge < -0.3 is 11.1 Å². The quantitative estimate of drug-likeness (QED) is 0.856. The van der Waals surface area contributed by atoms with Gasteiger partial charge >= 0.3 is 0 Å². The van der Waals surface area contributed by atoms with E-state index in [1.54, 1.807) is 12.1 Å². The fraction of sp³-hybridized carbons (Fsp3) is 0.353. The summed E-state index contributed by atoms with van der Waals surface area (Å²) >= 11 is 0. The largest absolute Gasteiger partial charge is 0.381 e. The first-order chi connectivity index (χ1) is 10.3. The number of rotatable bonds is 6. The number of pyridine rings is 1. The molecule has 1 saturated carbocycles. The van der Waals surface area contributed by atoms with Gasteiger partial charge in [0.2, 0.25) is 0 Å². The summed E-state index contributed by atoms with van der Waals surface area (Å²) in [5.41, 5.74) is 8.96. The molecule has 2 aromatic rings. The average Bonchev–Trinajstić information content (AvgIpc) is 3.34. The zero-order chi connectivity index (χ0) is 14.7. The lowest BCUT2D eigenvalue weighted by Crippen LogP contribution is -2.15. The van der Waals surface area contributed by atoms with Crippen molar-refractivity contribution in [3.05, 3.63) is 59.7 Å². The Kier molecular flexibility index (Phi) is 4.15. The lowest BCUT2D eigenvalue weighted by atomic mass is 9.99. The van der Waals surface area contributed by atoms with E-state index in [9.17, 15) is 4.39 Å². The van der Waals surface area contributed by atoms with Gasteiger partial charge in [0.1, 0.15) is 5.82 Å². The summed E-state index contributed by atoms with van der Waals surface area (Å²) in [4.78, 5) is 4.56. The predicted octanol–water partition coefficient (Wildman–Crippen LogP) is 3.29. The van der Waals surface area contributed by atoms with Crippen molar-refractivity contribution in [2.24, 2.45) is 11.7 Å².